The van der Waals surface area contributed by atoms with E-state index in [4.69, 9.17) is 0 Å². The number of hydrogen-bond donors (Lipinski definition) is 0. The Hall–Kier alpha value is -0.530. The van der Waals surface area contributed by atoms with E-state index in [1.165, 1.54) is 0 Å². The third kappa shape index (κ3) is 6.01. The van der Waals surface area contributed by atoms with E-state index in [0.29, 0.717) is 0 Å². The van der Waals surface area contributed by atoms with Crippen LogP contribution < -0.4 is 0 Å². The van der Waals surface area contributed by atoms with Crippen molar-refractivity contribution >= 4 is 0 Å². The fraction of sp³-hybridized carbons (Fsp3) is 1.00. The average molecular weight is 228 g/mol. The maximum Gasteiger partial charge on any atom is 0.391 e. The maximum atomic E-state index is 12.0. The van der Waals surface area contributed by atoms with Crippen molar-refractivity contribution in [3.8, 4) is 0 Å². The lowest BCUT2D eigenvalue weighted by molar-refractivity contribution is -0.181. The average Bonchev–Trinajstić information content (AvgIpc) is 1.96. The van der Waals surface area contributed by atoms with Gasteiger partial charge in [0.15, 0.2) is 0 Å². The molecule has 0 saturated carbocycles. The molecular weight excluding hydrogens is 221 g/mol. The van der Waals surface area contributed by atoms with E-state index < -0.39 is 38.2 Å². The minimum atomic E-state index is -4.54. The second-order valence-electron chi connectivity index (χ2n) is 2.48. The summed E-state index contributed by atoms with van der Waals surface area (Å²) in [7, 11) is 0. The van der Waals surface area contributed by atoms with E-state index in [0.717, 1.165) is 0 Å². The predicted molar refractivity (Wildman–Crippen MR) is 32.4 cm³/mol. The Balaban J connectivity index is 3.65. The fourth-order valence-electron chi connectivity index (χ4n) is 0.459. The summed E-state index contributed by atoms with van der Waals surface area (Å²) in [6, 6.07) is 0. The van der Waals surface area contributed by atoms with E-state index in [-0.39, 0.29) is 0 Å². The Bertz CT molecular complexity index is 164. The summed E-state index contributed by atoms with van der Waals surface area (Å²) in [5, 5.41) is 0. The third-order valence-corrected chi connectivity index (χ3v) is 1.14. The van der Waals surface area contributed by atoms with Crippen molar-refractivity contribution in [3.63, 3.8) is 0 Å². The lowest BCUT2D eigenvalue weighted by Crippen LogP contribution is -2.32. The smallest absolute Gasteiger partial charge is 0.375 e. The van der Waals surface area contributed by atoms with Crippen LogP contribution in [-0.2, 0) is 4.74 Å². The molecular formula is C6H7F7O. The van der Waals surface area contributed by atoms with Crippen LogP contribution in [0.2, 0.25) is 0 Å². The van der Waals surface area contributed by atoms with E-state index in [9.17, 15) is 30.7 Å². The minimum Gasteiger partial charge on any atom is -0.375 e. The zero-order valence-corrected chi connectivity index (χ0v) is 6.75. The third-order valence-electron chi connectivity index (χ3n) is 1.14. The van der Waals surface area contributed by atoms with Gasteiger partial charge in [-0.25, -0.2) is 8.78 Å². The molecule has 0 radical (unpaired) electrons. The topological polar surface area (TPSA) is 9.23 Å². The highest BCUT2D eigenvalue weighted by atomic mass is 19.4. The first-order valence-electron chi connectivity index (χ1n) is 3.45. The molecule has 0 saturated heterocycles. The van der Waals surface area contributed by atoms with Gasteiger partial charge >= 0.3 is 18.5 Å². The Labute approximate surface area is 74.8 Å². The van der Waals surface area contributed by atoms with Crippen LogP contribution in [0.3, 0.4) is 0 Å². The van der Waals surface area contributed by atoms with Gasteiger partial charge in [-0.15, -0.1) is 0 Å². The Morgan fingerprint density at radius 3 is 1.86 bits per heavy atom. The van der Waals surface area contributed by atoms with Gasteiger partial charge in [0.1, 0.15) is 6.61 Å². The molecule has 0 unspecified atom stereocenters. The molecule has 0 heterocycles. The predicted octanol–water partition coefficient (Wildman–Crippen LogP) is 2.86. The molecule has 86 valence electrons. The molecule has 0 aliphatic carbocycles. The van der Waals surface area contributed by atoms with E-state index >= 15 is 0 Å². The van der Waals surface area contributed by atoms with Crippen molar-refractivity contribution in [1.29, 1.82) is 0 Å². The Morgan fingerprint density at radius 1 is 1.00 bits per heavy atom. The molecule has 0 spiro atoms. The minimum absolute atomic E-state index is 1.05. The monoisotopic (exact) mass is 228 g/mol. The largest absolute Gasteiger partial charge is 0.391 e. The van der Waals surface area contributed by atoms with Gasteiger partial charge in [-0.05, 0) is 0 Å². The molecule has 0 fully saturated rings. The van der Waals surface area contributed by atoms with E-state index in [1.54, 1.807) is 0 Å². The first-order chi connectivity index (χ1) is 6.15. The van der Waals surface area contributed by atoms with Gasteiger partial charge in [0.2, 0.25) is 0 Å². The van der Waals surface area contributed by atoms with Gasteiger partial charge in [0.05, 0.1) is 13.0 Å². The van der Waals surface area contributed by atoms with Crippen molar-refractivity contribution < 1.29 is 35.5 Å². The standard InChI is InChI=1S/C6H7F7O/c7-4(8)5(9,10)3-14-2-1-6(11,12)13/h4H,1-3H2. The van der Waals surface area contributed by atoms with Crippen LogP contribution in [0.1, 0.15) is 6.42 Å². The summed E-state index contributed by atoms with van der Waals surface area (Å²) in [6.07, 6.45) is -9.92. The first-order valence-corrected chi connectivity index (χ1v) is 3.45. The zero-order chi connectivity index (χ0) is 11.4. The van der Waals surface area contributed by atoms with E-state index in [2.05, 4.69) is 4.74 Å². The van der Waals surface area contributed by atoms with Crippen molar-refractivity contribution in [3.05, 3.63) is 0 Å². The molecule has 8 heteroatoms. The SMILES string of the molecule is FC(F)C(F)(F)COCCC(F)(F)F. The second-order valence-corrected chi connectivity index (χ2v) is 2.48. The van der Waals surface area contributed by atoms with Crippen LogP contribution in [-0.4, -0.2) is 31.7 Å². The van der Waals surface area contributed by atoms with Crippen LogP contribution in [0.25, 0.3) is 0 Å². The highest BCUT2D eigenvalue weighted by Crippen LogP contribution is 2.24. The molecule has 0 aromatic heterocycles. The van der Waals surface area contributed by atoms with Gasteiger partial charge < -0.3 is 4.74 Å². The normalized spacial score (nSPS) is 13.7. The van der Waals surface area contributed by atoms with Crippen molar-refractivity contribution in [2.45, 2.75) is 24.9 Å². The lowest BCUT2D eigenvalue weighted by Gasteiger charge is -2.15. The summed E-state index contributed by atoms with van der Waals surface area (Å²) in [4.78, 5) is 0. The molecule has 0 N–H and O–H groups in total. The van der Waals surface area contributed by atoms with Crippen molar-refractivity contribution in [2.24, 2.45) is 0 Å². The maximum absolute atomic E-state index is 12.0. The van der Waals surface area contributed by atoms with Gasteiger partial charge in [-0.3, -0.25) is 0 Å². The number of halogens is 7. The molecule has 0 aromatic carbocycles. The highest BCUT2D eigenvalue weighted by molar-refractivity contribution is 4.67. The number of ether oxygens (including phenoxy) is 1. The number of alkyl halides is 7. The lowest BCUT2D eigenvalue weighted by atomic mass is 10.4. The Kier molecular flexibility index (Phi) is 4.63. The molecule has 0 atom stereocenters. The quantitative estimate of drug-likeness (QED) is 0.519. The fourth-order valence-corrected chi connectivity index (χ4v) is 0.459. The molecule has 0 amide bonds. The molecule has 0 bridgehead atoms. The van der Waals surface area contributed by atoms with Crippen molar-refractivity contribution in [1.82, 2.24) is 0 Å². The molecule has 14 heavy (non-hydrogen) atoms. The van der Waals surface area contributed by atoms with Gasteiger partial charge in [0, 0.05) is 0 Å². The van der Waals surface area contributed by atoms with Crippen LogP contribution in [0.5, 0.6) is 0 Å². The van der Waals surface area contributed by atoms with Crippen LogP contribution in [0, 0.1) is 0 Å². The summed E-state index contributed by atoms with van der Waals surface area (Å²) in [5.41, 5.74) is 0. The summed E-state index contributed by atoms with van der Waals surface area (Å²) in [6.45, 7) is -2.76. The van der Waals surface area contributed by atoms with Gasteiger partial charge in [0.25, 0.3) is 0 Å². The molecule has 0 aromatic rings. The zero-order valence-electron chi connectivity index (χ0n) is 6.75. The second kappa shape index (κ2) is 4.81. The van der Waals surface area contributed by atoms with Gasteiger partial charge in [-0.1, -0.05) is 0 Å². The Morgan fingerprint density at radius 2 is 1.50 bits per heavy atom. The van der Waals surface area contributed by atoms with Crippen LogP contribution >= 0.6 is 0 Å². The first kappa shape index (κ1) is 13.5. The molecule has 0 aliphatic heterocycles. The number of hydrogen-bond acceptors (Lipinski definition) is 1. The van der Waals surface area contributed by atoms with Crippen molar-refractivity contribution in [2.75, 3.05) is 13.2 Å². The molecule has 0 aliphatic rings. The summed E-state index contributed by atoms with van der Waals surface area (Å²) in [5.74, 6) is -4.40. The van der Waals surface area contributed by atoms with E-state index in [1.807, 2.05) is 0 Å². The number of rotatable bonds is 5. The summed E-state index contributed by atoms with van der Waals surface area (Å²) >= 11 is 0. The van der Waals surface area contributed by atoms with Crippen LogP contribution in [0.4, 0.5) is 30.7 Å². The van der Waals surface area contributed by atoms with Crippen LogP contribution in [0.15, 0.2) is 0 Å². The molecule has 0 rings (SSSR count). The van der Waals surface area contributed by atoms with Gasteiger partial charge in [-0.2, -0.15) is 22.0 Å². The highest BCUT2D eigenvalue weighted by Gasteiger charge is 2.41. The summed E-state index contributed by atoms with van der Waals surface area (Å²) < 4.78 is 84.9. The molecule has 1 nitrogen and oxygen atoms in total.